The number of rotatable bonds is 4. The van der Waals surface area contributed by atoms with E-state index in [2.05, 4.69) is 17.6 Å². The van der Waals surface area contributed by atoms with Crippen LogP contribution in [0.5, 0.6) is 0 Å². The normalized spacial score (nSPS) is 18.8. The number of nitrogens with zero attached hydrogens (tertiary/aromatic N) is 1. The molecule has 19 heavy (non-hydrogen) atoms. The van der Waals surface area contributed by atoms with Crippen molar-refractivity contribution < 1.29 is 4.42 Å². The number of benzene rings is 1. The van der Waals surface area contributed by atoms with E-state index in [1.165, 1.54) is 32.1 Å². The lowest BCUT2D eigenvalue weighted by molar-refractivity contribution is 0.258. The van der Waals surface area contributed by atoms with Crippen molar-refractivity contribution in [3.05, 3.63) is 24.3 Å². The van der Waals surface area contributed by atoms with E-state index in [0.717, 1.165) is 27.8 Å². The van der Waals surface area contributed by atoms with Gasteiger partial charge in [0.25, 0.3) is 5.22 Å². The highest BCUT2D eigenvalue weighted by molar-refractivity contribution is 7.99. The van der Waals surface area contributed by atoms with Gasteiger partial charge in [0.15, 0.2) is 5.58 Å². The maximum atomic E-state index is 5.78. The molecule has 0 unspecified atom stereocenters. The van der Waals surface area contributed by atoms with Gasteiger partial charge in [-0.1, -0.05) is 43.2 Å². The number of thiol groups is 1. The first-order valence-electron chi connectivity index (χ1n) is 6.91. The third-order valence-electron chi connectivity index (χ3n) is 4.03. The number of oxazole rings is 1. The van der Waals surface area contributed by atoms with Gasteiger partial charge in [-0.25, -0.2) is 4.98 Å². The fourth-order valence-electron chi connectivity index (χ4n) is 2.78. The molecule has 0 spiro atoms. The number of thioether (sulfide) groups is 1. The van der Waals surface area contributed by atoms with Gasteiger partial charge in [-0.05, 0) is 36.1 Å². The highest BCUT2D eigenvalue weighted by atomic mass is 32.2. The summed E-state index contributed by atoms with van der Waals surface area (Å²) >= 11 is 6.33. The molecule has 1 saturated carbocycles. The summed E-state index contributed by atoms with van der Waals surface area (Å²) in [6.45, 7) is 0. The summed E-state index contributed by atoms with van der Waals surface area (Å²) < 4.78 is 5.78. The van der Waals surface area contributed by atoms with Crippen LogP contribution in [0.4, 0.5) is 0 Å². The van der Waals surface area contributed by atoms with E-state index in [1.807, 2.05) is 24.3 Å². The minimum atomic E-state index is 0.382. The summed E-state index contributed by atoms with van der Waals surface area (Å²) in [6, 6.07) is 7.95. The molecule has 0 bridgehead atoms. The molecule has 1 aliphatic carbocycles. The minimum absolute atomic E-state index is 0.382. The Morgan fingerprint density at radius 3 is 2.74 bits per heavy atom. The third kappa shape index (κ3) is 2.95. The van der Waals surface area contributed by atoms with Crippen molar-refractivity contribution in [1.29, 1.82) is 0 Å². The second kappa shape index (κ2) is 5.80. The number of aromatic nitrogens is 1. The van der Waals surface area contributed by atoms with Crippen LogP contribution in [0.3, 0.4) is 0 Å². The molecule has 2 aromatic rings. The van der Waals surface area contributed by atoms with E-state index < -0.39 is 0 Å². The highest BCUT2D eigenvalue weighted by Gasteiger charge is 2.31. The van der Waals surface area contributed by atoms with Crippen LogP contribution in [0.25, 0.3) is 11.1 Å². The molecule has 1 heterocycles. The number of hydrogen-bond donors (Lipinski definition) is 1. The van der Waals surface area contributed by atoms with Gasteiger partial charge in [0.1, 0.15) is 5.52 Å². The Morgan fingerprint density at radius 2 is 2.00 bits per heavy atom. The summed E-state index contributed by atoms with van der Waals surface area (Å²) in [5, 5.41) is 0.799. The maximum absolute atomic E-state index is 5.78. The van der Waals surface area contributed by atoms with Gasteiger partial charge in [-0.15, -0.1) is 0 Å². The summed E-state index contributed by atoms with van der Waals surface area (Å²) in [4.78, 5) is 4.53. The predicted octanol–water partition coefficient (Wildman–Crippen LogP) is 4.80. The second-order valence-corrected chi connectivity index (χ2v) is 6.70. The van der Waals surface area contributed by atoms with Gasteiger partial charge in [-0.3, -0.25) is 0 Å². The van der Waals surface area contributed by atoms with Crippen molar-refractivity contribution in [2.24, 2.45) is 5.41 Å². The van der Waals surface area contributed by atoms with Crippen molar-refractivity contribution in [2.75, 3.05) is 11.5 Å². The van der Waals surface area contributed by atoms with Crippen LogP contribution in [0.1, 0.15) is 32.1 Å². The smallest absolute Gasteiger partial charge is 0.256 e. The Kier molecular flexibility index (Phi) is 4.08. The first-order chi connectivity index (χ1) is 9.31. The first kappa shape index (κ1) is 13.4. The van der Waals surface area contributed by atoms with Gasteiger partial charge in [-0.2, -0.15) is 12.6 Å². The van der Waals surface area contributed by atoms with Crippen molar-refractivity contribution in [2.45, 2.75) is 37.3 Å². The Morgan fingerprint density at radius 1 is 1.21 bits per heavy atom. The average molecular weight is 293 g/mol. The van der Waals surface area contributed by atoms with Crippen LogP contribution in [0.2, 0.25) is 0 Å². The zero-order valence-corrected chi connectivity index (χ0v) is 12.7. The second-order valence-electron chi connectivity index (χ2n) is 5.45. The largest absolute Gasteiger partial charge is 0.431 e. The molecule has 4 heteroatoms. The number of fused-ring (bicyclic) bond motifs is 1. The molecule has 0 N–H and O–H groups in total. The molecule has 0 amide bonds. The molecule has 0 atom stereocenters. The van der Waals surface area contributed by atoms with Crippen LogP contribution in [0.15, 0.2) is 33.9 Å². The van der Waals surface area contributed by atoms with Crippen molar-refractivity contribution >= 4 is 35.5 Å². The van der Waals surface area contributed by atoms with E-state index >= 15 is 0 Å². The number of para-hydroxylation sites is 2. The molecule has 0 radical (unpaired) electrons. The predicted molar refractivity (Wildman–Crippen MR) is 84.1 cm³/mol. The Balaban J connectivity index is 1.70. The van der Waals surface area contributed by atoms with E-state index in [4.69, 9.17) is 4.42 Å². The van der Waals surface area contributed by atoms with Gasteiger partial charge >= 0.3 is 0 Å². The topological polar surface area (TPSA) is 26.0 Å². The van der Waals surface area contributed by atoms with Gasteiger partial charge in [0.05, 0.1) is 0 Å². The number of hydrogen-bond acceptors (Lipinski definition) is 4. The zero-order chi connectivity index (χ0) is 13.1. The highest BCUT2D eigenvalue weighted by Crippen LogP contribution is 2.41. The van der Waals surface area contributed by atoms with E-state index in [0.29, 0.717) is 5.41 Å². The van der Waals surface area contributed by atoms with Crippen LogP contribution in [-0.2, 0) is 0 Å². The van der Waals surface area contributed by atoms with E-state index in [-0.39, 0.29) is 0 Å². The maximum Gasteiger partial charge on any atom is 0.256 e. The van der Waals surface area contributed by atoms with Crippen molar-refractivity contribution in [1.82, 2.24) is 4.98 Å². The summed E-state index contributed by atoms with van der Waals surface area (Å²) in [6.07, 6.45) is 6.65. The molecule has 2 nitrogen and oxygen atoms in total. The SMILES string of the molecule is SCC1(CSc2nc3ccccc3o2)CCCCC1. The third-order valence-corrected chi connectivity index (χ3v) is 5.87. The summed E-state index contributed by atoms with van der Waals surface area (Å²) in [7, 11) is 0. The molecule has 0 aliphatic heterocycles. The van der Waals surface area contributed by atoms with Gasteiger partial charge in [0, 0.05) is 5.75 Å². The lowest BCUT2D eigenvalue weighted by Crippen LogP contribution is -2.28. The molecule has 1 aromatic heterocycles. The Labute approximate surface area is 123 Å². The van der Waals surface area contributed by atoms with E-state index in [1.54, 1.807) is 11.8 Å². The molecule has 102 valence electrons. The Hall–Kier alpha value is -0.610. The lowest BCUT2D eigenvalue weighted by atomic mass is 9.77. The fraction of sp³-hybridized carbons (Fsp3) is 0.533. The van der Waals surface area contributed by atoms with Gasteiger partial charge < -0.3 is 4.42 Å². The van der Waals surface area contributed by atoms with Crippen LogP contribution in [-0.4, -0.2) is 16.5 Å². The van der Waals surface area contributed by atoms with Crippen molar-refractivity contribution in [3.63, 3.8) is 0 Å². The molecule has 1 aromatic carbocycles. The quantitative estimate of drug-likeness (QED) is 0.647. The van der Waals surface area contributed by atoms with Crippen LogP contribution in [0, 0.1) is 5.41 Å². The first-order valence-corrected chi connectivity index (χ1v) is 8.52. The molecular weight excluding hydrogens is 274 g/mol. The monoisotopic (exact) mass is 293 g/mol. The van der Waals surface area contributed by atoms with Crippen LogP contribution >= 0.6 is 24.4 Å². The standard InChI is InChI=1S/C15H19NOS2/c18-10-15(8-4-1-5-9-15)11-19-14-16-12-6-2-3-7-13(12)17-14/h2-3,6-7,18H,1,4-5,8-11H2. The summed E-state index contributed by atoms with van der Waals surface area (Å²) in [5.41, 5.74) is 2.22. The average Bonchev–Trinajstić information content (AvgIpc) is 2.89. The minimum Gasteiger partial charge on any atom is -0.431 e. The lowest BCUT2D eigenvalue weighted by Gasteiger charge is -2.35. The molecular formula is C15H19NOS2. The van der Waals surface area contributed by atoms with Gasteiger partial charge in [0.2, 0.25) is 0 Å². The molecule has 1 fully saturated rings. The zero-order valence-electron chi connectivity index (χ0n) is 11.0. The summed E-state index contributed by atoms with van der Waals surface area (Å²) in [5.74, 6) is 2.05. The van der Waals surface area contributed by atoms with Crippen molar-refractivity contribution in [3.8, 4) is 0 Å². The fourth-order valence-corrected chi connectivity index (χ4v) is 4.49. The van der Waals surface area contributed by atoms with Crippen LogP contribution < -0.4 is 0 Å². The molecule has 1 aliphatic rings. The molecule has 3 rings (SSSR count). The Bertz CT molecular complexity index is 513. The van der Waals surface area contributed by atoms with E-state index in [9.17, 15) is 0 Å². The molecule has 0 saturated heterocycles.